The van der Waals surface area contributed by atoms with Crippen LogP contribution in [0.15, 0.2) is 24.3 Å². The highest BCUT2D eigenvalue weighted by molar-refractivity contribution is 5.31. The van der Waals surface area contributed by atoms with Crippen molar-refractivity contribution < 1.29 is 84.1 Å². The summed E-state index contributed by atoms with van der Waals surface area (Å²) in [6.45, 7) is 3.83. The van der Waals surface area contributed by atoms with Gasteiger partial charge < -0.3 is 9.47 Å². The molecule has 0 aromatic heterocycles. The maximum absolute atomic E-state index is 14.6. The highest BCUT2D eigenvalue weighted by Crippen LogP contribution is 2.64. The van der Waals surface area contributed by atoms with Gasteiger partial charge in [0.05, 0.1) is 18.1 Å². The van der Waals surface area contributed by atoms with Crippen molar-refractivity contribution in [2.75, 3.05) is 7.11 Å². The monoisotopic (exact) mass is 640 g/mol. The molecule has 41 heavy (non-hydrogen) atoms. The van der Waals surface area contributed by atoms with Gasteiger partial charge in [-0.25, -0.2) is 0 Å². The summed E-state index contributed by atoms with van der Waals surface area (Å²) in [5, 5.41) is 0. The Balaban J connectivity index is 3.58. The van der Waals surface area contributed by atoms with E-state index >= 15 is 0 Å². The molecule has 1 aromatic carbocycles. The second kappa shape index (κ2) is 10.8. The summed E-state index contributed by atoms with van der Waals surface area (Å²) >= 11 is 0. The lowest BCUT2D eigenvalue weighted by Crippen LogP contribution is -2.74. The van der Waals surface area contributed by atoms with Crippen LogP contribution in [0.4, 0.5) is 74.6 Å². The first-order chi connectivity index (χ1) is 17.9. The maximum Gasteiger partial charge on any atom is 0.460 e. The molecule has 0 radical (unpaired) electrons. The van der Waals surface area contributed by atoms with E-state index in [4.69, 9.17) is 4.74 Å². The number of halogens is 17. The van der Waals surface area contributed by atoms with Gasteiger partial charge in [-0.15, -0.1) is 0 Å². The number of hydrogen-bond donors (Lipinski definition) is 0. The van der Waals surface area contributed by atoms with Crippen molar-refractivity contribution in [1.29, 1.82) is 0 Å². The number of hydrogen-bond acceptors (Lipinski definition) is 2. The maximum atomic E-state index is 14.6. The molecule has 0 fully saturated rings. The van der Waals surface area contributed by atoms with Gasteiger partial charge in [0.2, 0.25) is 0 Å². The molecule has 0 amide bonds. The Hall–Kier alpha value is -2.21. The lowest BCUT2D eigenvalue weighted by molar-refractivity contribution is -0.462. The van der Waals surface area contributed by atoms with Crippen molar-refractivity contribution in [1.82, 2.24) is 0 Å². The molecular weight excluding hydrogens is 619 g/mol. The second-order valence-electron chi connectivity index (χ2n) is 9.12. The molecule has 0 bridgehead atoms. The molecule has 0 aliphatic rings. The van der Waals surface area contributed by atoms with Gasteiger partial charge in [0.15, 0.2) is 0 Å². The average Bonchev–Trinajstić information content (AvgIpc) is 2.82. The average molecular weight is 640 g/mol. The highest BCUT2D eigenvalue weighted by Gasteiger charge is 2.95. The zero-order valence-electron chi connectivity index (χ0n) is 21.0. The fourth-order valence-electron chi connectivity index (χ4n) is 3.22. The summed E-state index contributed by atoms with van der Waals surface area (Å²) in [4.78, 5) is 0. The van der Waals surface area contributed by atoms with Gasteiger partial charge in [0.1, 0.15) is 5.75 Å². The van der Waals surface area contributed by atoms with Gasteiger partial charge in [-0.05, 0) is 38.0 Å². The van der Waals surface area contributed by atoms with E-state index in [0.717, 1.165) is 24.3 Å². The van der Waals surface area contributed by atoms with Crippen LogP contribution in [0.3, 0.4) is 0 Å². The van der Waals surface area contributed by atoms with Gasteiger partial charge in [-0.3, -0.25) is 0 Å². The Labute approximate surface area is 220 Å². The van der Waals surface area contributed by atoms with Gasteiger partial charge in [0.25, 0.3) is 0 Å². The van der Waals surface area contributed by atoms with E-state index in [1.54, 1.807) is 13.8 Å². The smallest absolute Gasteiger partial charge is 0.460 e. The van der Waals surface area contributed by atoms with E-state index in [9.17, 15) is 74.6 Å². The third kappa shape index (κ3) is 5.75. The van der Waals surface area contributed by atoms with Crippen LogP contribution < -0.4 is 4.74 Å². The van der Waals surface area contributed by atoms with E-state index in [0.29, 0.717) is 20.5 Å². The standard InChI is InChI=1S/C22H21F17O2/c1-5-11(2)41-13-8-6-12(7-9-13)14(3,40-4)10-15(23,24)16(25,26)17(27,28)18(29,30)19(31,32)20(33,34)21(35,36)22(37,38)39/h6-9,11H,5,10H2,1-4H3. The van der Waals surface area contributed by atoms with Crippen LogP contribution >= 0.6 is 0 Å². The minimum Gasteiger partial charge on any atom is -0.491 e. The zero-order chi connectivity index (χ0) is 32.9. The molecule has 0 spiro atoms. The van der Waals surface area contributed by atoms with Gasteiger partial charge in [0, 0.05) is 7.11 Å². The summed E-state index contributed by atoms with van der Waals surface area (Å²) in [6, 6.07) is 3.86. The number of rotatable bonds is 13. The summed E-state index contributed by atoms with van der Waals surface area (Å²) in [7, 11) is 0.540. The Morgan fingerprint density at radius 3 is 1.32 bits per heavy atom. The van der Waals surface area contributed by atoms with Gasteiger partial charge >= 0.3 is 47.6 Å². The molecular formula is C22H21F17O2. The van der Waals surface area contributed by atoms with E-state index in [1.807, 2.05) is 0 Å². The zero-order valence-corrected chi connectivity index (χ0v) is 21.0. The predicted octanol–water partition coefficient (Wildman–Crippen LogP) is 9.12. The first kappa shape index (κ1) is 36.8. The van der Waals surface area contributed by atoms with E-state index in [1.165, 1.54) is 0 Å². The summed E-state index contributed by atoms with van der Waals surface area (Å²) < 4.78 is 240. The number of ether oxygens (including phenoxy) is 2. The third-order valence-electron chi connectivity index (χ3n) is 6.17. The van der Waals surface area contributed by atoms with Crippen molar-refractivity contribution in [2.24, 2.45) is 0 Å². The van der Waals surface area contributed by atoms with Gasteiger partial charge in [-0.2, -0.15) is 74.6 Å². The van der Waals surface area contributed by atoms with E-state index in [-0.39, 0.29) is 11.9 Å². The van der Waals surface area contributed by atoms with Crippen LogP contribution in [0.1, 0.15) is 39.2 Å². The molecule has 1 aromatic rings. The second-order valence-corrected chi connectivity index (χ2v) is 9.12. The number of benzene rings is 1. The summed E-state index contributed by atoms with van der Waals surface area (Å²) in [6.07, 6.45) is -10.5. The normalized spacial score (nSPS) is 17.3. The minimum absolute atomic E-state index is 0.0728. The van der Waals surface area contributed by atoms with Crippen LogP contribution in [-0.4, -0.2) is 60.8 Å². The van der Waals surface area contributed by atoms with E-state index < -0.39 is 65.2 Å². The van der Waals surface area contributed by atoms with Crippen molar-refractivity contribution >= 4 is 0 Å². The molecule has 0 saturated carbocycles. The first-order valence-corrected chi connectivity index (χ1v) is 11.0. The Morgan fingerprint density at radius 1 is 0.610 bits per heavy atom. The molecule has 0 heterocycles. The fourth-order valence-corrected chi connectivity index (χ4v) is 3.22. The van der Waals surface area contributed by atoms with Crippen LogP contribution in [0.25, 0.3) is 0 Å². The molecule has 240 valence electrons. The lowest BCUT2D eigenvalue weighted by Gasteiger charge is -2.44. The van der Waals surface area contributed by atoms with Crippen LogP contribution in [-0.2, 0) is 10.3 Å². The Kier molecular flexibility index (Phi) is 9.71. The SMILES string of the molecule is CCC(C)Oc1ccc(C(C)(CC(F)(F)C(F)(F)C(F)(F)C(F)(F)C(F)(F)C(F)(F)C(F)(F)C(F)(F)F)OC)cc1. The molecule has 0 N–H and O–H groups in total. The quantitative estimate of drug-likeness (QED) is 0.200. The van der Waals surface area contributed by atoms with Crippen molar-refractivity contribution in [3.05, 3.63) is 29.8 Å². The van der Waals surface area contributed by atoms with Crippen LogP contribution in [0.5, 0.6) is 5.75 Å². The molecule has 0 saturated heterocycles. The minimum atomic E-state index is -8.67. The van der Waals surface area contributed by atoms with Crippen molar-refractivity contribution in [3.63, 3.8) is 0 Å². The Morgan fingerprint density at radius 2 is 0.976 bits per heavy atom. The largest absolute Gasteiger partial charge is 0.491 e. The molecule has 19 heteroatoms. The lowest BCUT2D eigenvalue weighted by atomic mass is 9.83. The number of methoxy groups -OCH3 is 1. The number of alkyl halides is 17. The molecule has 1 rings (SSSR count). The molecule has 2 atom stereocenters. The molecule has 0 aliphatic heterocycles. The van der Waals surface area contributed by atoms with E-state index in [2.05, 4.69) is 4.74 Å². The summed E-state index contributed by atoms with van der Waals surface area (Å²) in [5.74, 6) is -56.7. The summed E-state index contributed by atoms with van der Waals surface area (Å²) in [5.41, 5.74) is -3.37. The third-order valence-corrected chi connectivity index (χ3v) is 6.17. The predicted molar refractivity (Wildman–Crippen MR) is 106 cm³/mol. The van der Waals surface area contributed by atoms with Crippen LogP contribution in [0, 0.1) is 0 Å². The molecule has 2 unspecified atom stereocenters. The van der Waals surface area contributed by atoms with Crippen molar-refractivity contribution in [2.45, 2.75) is 93.0 Å². The van der Waals surface area contributed by atoms with Crippen LogP contribution in [0.2, 0.25) is 0 Å². The topological polar surface area (TPSA) is 18.5 Å². The molecule has 0 aliphatic carbocycles. The first-order valence-electron chi connectivity index (χ1n) is 11.0. The Bertz CT molecular complexity index is 1030. The fraction of sp³-hybridized carbons (Fsp3) is 0.727. The highest BCUT2D eigenvalue weighted by atomic mass is 19.4. The van der Waals surface area contributed by atoms with Gasteiger partial charge in [-0.1, -0.05) is 19.1 Å². The van der Waals surface area contributed by atoms with Crippen molar-refractivity contribution in [3.8, 4) is 5.75 Å². The molecule has 2 nitrogen and oxygen atoms in total.